The molecule has 8 heteroatoms. The number of amides is 3. The second kappa shape index (κ2) is 12.3. The molecule has 0 radical (unpaired) electrons. The summed E-state index contributed by atoms with van der Waals surface area (Å²) in [5.41, 5.74) is 6.93. The summed E-state index contributed by atoms with van der Waals surface area (Å²) >= 11 is 0. The molecule has 0 atom stereocenters. The van der Waals surface area contributed by atoms with Gasteiger partial charge in [-0.15, -0.1) is 12.4 Å². The van der Waals surface area contributed by atoms with E-state index in [0.717, 1.165) is 31.2 Å². The molecule has 1 aromatic rings. The largest absolute Gasteiger partial charge is 0.353 e. The number of rotatable bonds is 9. The van der Waals surface area contributed by atoms with Crippen LogP contribution in [0.25, 0.3) is 0 Å². The van der Waals surface area contributed by atoms with Gasteiger partial charge in [-0.1, -0.05) is 25.0 Å². The van der Waals surface area contributed by atoms with Gasteiger partial charge in [0.1, 0.15) is 0 Å². The van der Waals surface area contributed by atoms with Crippen molar-refractivity contribution in [3.05, 3.63) is 35.4 Å². The molecular formula is C19H29ClN4O3. The maximum absolute atomic E-state index is 12.4. The number of hydrogen-bond acceptors (Lipinski definition) is 4. The third kappa shape index (κ3) is 7.97. The summed E-state index contributed by atoms with van der Waals surface area (Å²) in [7, 11) is 0. The van der Waals surface area contributed by atoms with Gasteiger partial charge in [-0.3, -0.25) is 14.4 Å². The number of halogens is 1. The monoisotopic (exact) mass is 396 g/mol. The van der Waals surface area contributed by atoms with E-state index < -0.39 is 0 Å². The predicted octanol–water partition coefficient (Wildman–Crippen LogP) is 1.21. The molecular weight excluding hydrogens is 368 g/mol. The van der Waals surface area contributed by atoms with E-state index in [9.17, 15) is 14.4 Å². The molecule has 0 aliphatic carbocycles. The van der Waals surface area contributed by atoms with Crippen LogP contribution in [0, 0.1) is 0 Å². The average Bonchev–Trinajstić information content (AvgIpc) is 2.66. The Bertz CT molecular complexity index is 622. The summed E-state index contributed by atoms with van der Waals surface area (Å²) in [6, 6.07) is 7.14. The molecule has 0 saturated carbocycles. The molecule has 1 aliphatic rings. The van der Waals surface area contributed by atoms with Crippen LogP contribution >= 0.6 is 12.4 Å². The van der Waals surface area contributed by atoms with E-state index in [1.807, 2.05) is 12.1 Å². The van der Waals surface area contributed by atoms with Crippen LogP contribution in [0.3, 0.4) is 0 Å². The molecule has 0 bridgehead atoms. The van der Waals surface area contributed by atoms with E-state index in [2.05, 4.69) is 10.6 Å². The number of nitrogens with zero attached hydrogens (tertiary/aromatic N) is 1. The number of carbonyl (C=O) groups is 3. The fourth-order valence-corrected chi connectivity index (χ4v) is 2.83. The maximum Gasteiger partial charge on any atom is 0.254 e. The zero-order valence-electron chi connectivity index (χ0n) is 15.5. The second-order valence-corrected chi connectivity index (χ2v) is 6.50. The minimum Gasteiger partial charge on any atom is -0.353 e. The fraction of sp³-hybridized carbons (Fsp3) is 0.526. The number of unbranched alkanes of at least 4 members (excludes halogenated alkanes) is 3. The van der Waals surface area contributed by atoms with E-state index in [0.29, 0.717) is 38.2 Å². The zero-order chi connectivity index (χ0) is 18.8. The third-order valence-corrected chi connectivity index (χ3v) is 4.37. The van der Waals surface area contributed by atoms with Crippen molar-refractivity contribution >= 4 is 30.1 Å². The molecule has 0 aromatic heterocycles. The van der Waals surface area contributed by atoms with Crippen LogP contribution in [0.15, 0.2) is 24.3 Å². The van der Waals surface area contributed by atoms with Crippen LogP contribution < -0.4 is 16.4 Å². The molecule has 3 amide bonds. The topological polar surface area (TPSA) is 105 Å². The number of piperazine rings is 1. The molecule has 0 spiro atoms. The number of hydrogen-bond donors (Lipinski definition) is 3. The molecule has 4 N–H and O–H groups in total. The first-order valence-corrected chi connectivity index (χ1v) is 9.22. The highest BCUT2D eigenvalue weighted by Crippen LogP contribution is 2.09. The summed E-state index contributed by atoms with van der Waals surface area (Å²) < 4.78 is 0. The van der Waals surface area contributed by atoms with Gasteiger partial charge in [-0.25, -0.2) is 0 Å². The van der Waals surface area contributed by atoms with Gasteiger partial charge in [-0.2, -0.15) is 0 Å². The van der Waals surface area contributed by atoms with Crippen LogP contribution in [0.1, 0.15) is 48.0 Å². The lowest BCUT2D eigenvalue weighted by Gasteiger charge is -2.26. The average molecular weight is 397 g/mol. The highest BCUT2D eigenvalue weighted by atomic mass is 35.5. The van der Waals surface area contributed by atoms with E-state index in [1.54, 1.807) is 17.0 Å². The molecule has 1 aliphatic heterocycles. The Hall–Kier alpha value is -2.12. The van der Waals surface area contributed by atoms with E-state index in [4.69, 9.17) is 5.73 Å². The lowest BCUT2D eigenvalue weighted by atomic mass is 10.1. The second-order valence-electron chi connectivity index (χ2n) is 6.50. The summed E-state index contributed by atoms with van der Waals surface area (Å²) in [6.45, 7) is 2.26. The van der Waals surface area contributed by atoms with Crippen LogP contribution in [0.2, 0.25) is 0 Å². The van der Waals surface area contributed by atoms with Gasteiger partial charge in [0.2, 0.25) is 11.8 Å². The van der Waals surface area contributed by atoms with Crippen molar-refractivity contribution in [2.24, 2.45) is 5.73 Å². The highest BCUT2D eigenvalue weighted by molar-refractivity contribution is 5.97. The Morgan fingerprint density at radius 3 is 2.48 bits per heavy atom. The summed E-state index contributed by atoms with van der Waals surface area (Å²) in [4.78, 5) is 37.1. The molecule has 1 aromatic carbocycles. The highest BCUT2D eigenvalue weighted by Gasteiger charge is 2.22. The van der Waals surface area contributed by atoms with Crippen molar-refractivity contribution < 1.29 is 14.4 Å². The van der Waals surface area contributed by atoms with Crippen molar-refractivity contribution in [1.82, 2.24) is 15.5 Å². The minimum absolute atomic E-state index is 0. The van der Waals surface area contributed by atoms with Crippen LogP contribution in [0.4, 0.5) is 0 Å². The molecule has 1 fully saturated rings. The van der Waals surface area contributed by atoms with Gasteiger partial charge in [0.15, 0.2) is 0 Å². The Morgan fingerprint density at radius 2 is 1.81 bits per heavy atom. The first-order valence-electron chi connectivity index (χ1n) is 9.22. The van der Waals surface area contributed by atoms with Gasteiger partial charge < -0.3 is 21.3 Å². The van der Waals surface area contributed by atoms with E-state index in [1.165, 1.54) is 0 Å². The summed E-state index contributed by atoms with van der Waals surface area (Å²) in [5.74, 6) is -0.239. The van der Waals surface area contributed by atoms with Crippen molar-refractivity contribution in [2.75, 3.05) is 26.2 Å². The van der Waals surface area contributed by atoms with Crippen LogP contribution in [-0.4, -0.2) is 48.8 Å². The Balaban J connectivity index is 0.00000364. The molecule has 1 heterocycles. The van der Waals surface area contributed by atoms with Crippen LogP contribution in [-0.2, 0) is 16.1 Å². The van der Waals surface area contributed by atoms with Crippen molar-refractivity contribution in [3.63, 3.8) is 0 Å². The molecule has 7 nitrogen and oxygen atoms in total. The summed E-state index contributed by atoms with van der Waals surface area (Å²) in [6.07, 6.45) is 4.50. The molecule has 0 unspecified atom stereocenters. The summed E-state index contributed by atoms with van der Waals surface area (Å²) in [5, 5.41) is 5.60. The van der Waals surface area contributed by atoms with Gasteiger partial charge in [-0.05, 0) is 37.1 Å². The standard InChI is InChI=1S/C19H28N4O3.ClH/c20-10-4-2-1-3-5-17(24)22-13-15-6-8-16(9-7-15)19(26)23-12-11-21-18(25)14-23;/h6-9H,1-5,10-14,20H2,(H,21,25)(H,22,24);1H. The van der Waals surface area contributed by atoms with Gasteiger partial charge >= 0.3 is 0 Å². The normalized spacial score (nSPS) is 13.5. The van der Waals surface area contributed by atoms with E-state index >= 15 is 0 Å². The first-order chi connectivity index (χ1) is 12.6. The van der Waals surface area contributed by atoms with Gasteiger partial charge in [0.25, 0.3) is 5.91 Å². The van der Waals surface area contributed by atoms with Gasteiger partial charge in [0.05, 0.1) is 6.54 Å². The van der Waals surface area contributed by atoms with E-state index in [-0.39, 0.29) is 36.7 Å². The number of nitrogens with one attached hydrogen (secondary N) is 2. The predicted molar refractivity (Wildman–Crippen MR) is 107 cm³/mol. The van der Waals surface area contributed by atoms with Gasteiger partial charge in [0, 0.05) is 31.6 Å². The Morgan fingerprint density at radius 1 is 1.11 bits per heavy atom. The quantitative estimate of drug-likeness (QED) is 0.545. The Kier molecular flexibility index (Phi) is 10.4. The zero-order valence-corrected chi connectivity index (χ0v) is 16.4. The fourth-order valence-electron chi connectivity index (χ4n) is 2.83. The molecule has 2 rings (SSSR count). The molecule has 150 valence electrons. The third-order valence-electron chi connectivity index (χ3n) is 4.37. The Labute approximate surface area is 166 Å². The van der Waals surface area contributed by atoms with Crippen molar-refractivity contribution in [3.8, 4) is 0 Å². The molecule has 1 saturated heterocycles. The number of nitrogens with two attached hydrogens (primary N) is 1. The SMILES string of the molecule is Cl.NCCCCCCC(=O)NCc1ccc(C(=O)N2CCNC(=O)C2)cc1. The molecule has 27 heavy (non-hydrogen) atoms. The smallest absolute Gasteiger partial charge is 0.254 e. The lowest BCUT2D eigenvalue weighted by Crippen LogP contribution is -2.49. The maximum atomic E-state index is 12.4. The minimum atomic E-state index is -0.145. The first kappa shape index (κ1) is 22.9. The van der Waals surface area contributed by atoms with Crippen molar-refractivity contribution in [1.29, 1.82) is 0 Å². The number of benzene rings is 1. The van der Waals surface area contributed by atoms with Crippen LogP contribution in [0.5, 0.6) is 0 Å². The lowest BCUT2D eigenvalue weighted by molar-refractivity contribution is -0.123. The van der Waals surface area contributed by atoms with Crippen molar-refractivity contribution in [2.45, 2.75) is 38.6 Å². The number of carbonyl (C=O) groups excluding carboxylic acids is 3.